The van der Waals surface area contributed by atoms with E-state index in [1.165, 1.54) is 22.3 Å². The van der Waals surface area contributed by atoms with Crippen LogP contribution >= 0.6 is 0 Å². The molecule has 4 aliphatic heterocycles. The number of phenols is 1. The first kappa shape index (κ1) is 35.8. The molecular weight excluding hydrogens is 717 g/mol. The van der Waals surface area contributed by atoms with Crippen LogP contribution in [-0.4, -0.2) is 75.0 Å². The summed E-state index contributed by atoms with van der Waals surface area (Å²) in [6.45, 7) is 3.99. The molecule has 3 fully saturated rings. The highest BCUT2D eigenvalue weighted by Gasteiger charge is 2.48. The Morgan fingerprint density at radius 3 is 2.09 bits per heavy atom. The fourth-order valence-electron chi connectivity index (χ4n) is 10.9. The largest absolute Gasteiger partial charge is 0.508 e. The average Bonchev–Trinajstić information content (AvgIpc) is 3.71. The van der Waals surface area contributed by atoms with Crippen molar-refractivity contribution >= 4 is 29.5 Å². The number of carbonyl (C=O) groups excluding carboxylic acids is 5. The van der Waals surface area contributed by atoms with E-state index < -0.39 is 23.8 Å². The van der Waals surface area contributed by atoms with Crippen molar-refractivity contribution in [3.8, 4) is 5.75 Å². The second kappa shape index (κ2) is 13.8. The number of nitrogens with one attached hydrogen (secondary N) is 1. The Bertz CT molecular complexity index is 2280. The van der Waals surface area contributed by atoms with Gasteiger partial charge in [-0.1, -0.05) is 48.5 Å². The number of piperidine rings is 1. The lowest BCUT2D eigenvalue weighted by atomic mass is 9.65. The number of hydrogen-bond acceptors (Lipinski definition) is 7. The molecule has 10 rings (SSSR count). The minimum Gasteiger partial charge on any atom is -0.508 e. The van der Waals surface area contributed by atoms with Crippen molar-refractivity contribution in [1.29, 1.82) is 0 Å². The van der Waals surface area contributed by atoms with Gasteiger partial charge in [0.05, 0.1) is 11.1 Å². The molecule has 290 valence electrons. The smallest absolute Gasteiger partial charge is 0.262 e. The van der Waals surface area contributed by atoms with Crippen LogP contribution in [0.15, 0.2) is 84.9 Å². The summed E-state index contributed by atoms with van der Waals surface area (Å²) in [6, 6.07) is 27.4. The molecule has 4 aromatic carbocycles. The highest BCUT2D eigenvalue weighted by Crippen LogP contribution is 2.48. The lowest BCUT2D eigenvalue weighted by Gasteiger charge is -2.53. The number of aromatic hydroxyl groups is 1. The maximum atomic E-state index is 13.7. The quantitative estimate of drug-likeness (QED) is 0.221. The van der Waals surface area contributed by atoms with E-state index in [0.29, 0.717) is 28.7 Å². The Hall–Kier alpha value is -5.61. The summed E-state index contributed by atoms with van der Waals surface area (Å²) in [5.74, 6) is -0.490. The van der Waals surface area contributed by atoms with Crippen LogP contribution in [0, 0.1) is 11.3 Å². The molecule has 0 aromatic heterocycles. The van der Waals surface area contributed by atoms with Crippen molar-refractivity contribution in [3.05, 3.63) is 135 Å². The third-order valence-corrected chi connectivity index (χ3v) is 13.9. The molecule has 0 radical (unpaired) electrons. The lowest BCUT2D eigenvalue weighted by Crippen LogP contribution is -2.59. The molecule has 1 spiro atoms. The van der Waals surface area contributed by atoms with E-state index in [9.17, 15) is 29.1 Å². The highest BCUT2D eigenvalue weighted by molar-refractivity contribution is 6.23. The van der Waals surface area contributed by atoms with Gasteiger partial charge >= 0.3 is 0 Å². The van der Waals surface area contributed by atoms with Crippen LogP contribution in [-0.2, 0) is 29.1 Å². The summed E-state index contributed by atoms with van der Waals surface area (Å²) in [4.78, 5) is 70.0. The predicted octanol–water partition coefficient (Wildman–Crippen LogP) is 6.30. The zero-order chi connectivity index (χ0) is 39.0. The fourth-order valence-corrected chi connectivity index (χ4v) is 10.9. The molecule has 6 aliphatic rings. The van der Waals surface area contributed by atoms with Gasteiger partial charge in [-0.15, -0.1) is 0 Å². The summed E-state index contributed by atoms with van der Waals surface area (Å²) in [5, 5.41) is 12.5. The van der Waals surface area contributed by atoms with Crippen molar-refractivity contribution in [3.63, 3.8) is 0 Å². The lowest BCUT2D eigenvalue weighted by molar-refractivity contribution is -0.136. The maximum absolute atomic E-state index is 13.7. The Labute approximate surface area is 331 Å². The zero-order valence-electron chi connectivity index (χ0n) is 31.9. The highest BCUT2D eigenvalue weighted by atomic mass is 16.3. The van der Waals surface area contributed by atoms with Crippen LogP contribution in [0.3, 0.4) is 0 Å². The normalized spacial score (nSPS) is 24.2. The number of likely N-dealkylation sites (tertiary alicyclic amines) is 1. The van der Waals surface area contributed by atoms with Crippen LogP contribution in [0.4, 0.5) is 0 Å². The molecule has 57 heavy (non-hydrogen) atoms. The molecule has 1 unspecified atom stereocenters. The van der Waals surface area contributed by atoms with Crippen molar-refractivity contribution in [2.75, 3.05) is 19.6 Å². The van der Waals surface area contributed by atoms with Gasteiger partial charge in [-0.25, -0.2) is 0 Å². The van der Waals surface area contributed by atoms with Gasteiger partial charge in [-0.2, -0.15) is 0 Å². The van der Waals surface area contributed by atoms with Gasteiger partial charge in [-0.3, -0.25) is 39.1 Å². The van der Waals surface area contributed by atoms with Crippen LogP contribution in [0.5, 0.6) is 5.75 Å². The van der Waals surface area contributed by atoms with Gasteiger partial charge in [0.25, 0.3) is 17.7 Å². The summed E-state index contributed by atoms with van der Waals surface area (Å²) in [5.41, 5.74) is 8.65. The average molecular weight is 763 g/mol. The molecule has 3 atom stereocenters. The van der Waals surface area contributed by atoms with E-state index in [1.807, 2.05) is 35.2 Å². The second-order valence-electron chi connectivity index (χ2n) is 17.4. The van der Waals surface area contributed by atoms with Crippen LogP contribution in [0.2, 0.25) is 0 Å². The van der Waals surface area contributed by atoms with Crippen LogP contribution in [0.25, 0.3) is 0 Å². The molecule has 5 amide bonds. The molecule has 4 aromatic rings. The summed E-state index contributed by atoms with van der Waals surface area (Å²) >= 11 is 0. The number of aryl methyl sites for hydroxylation is 1. The Morgan fingerprint density at radius 2 is 1.42 bits per heavy atom. The van der Waals surface area contributed by atoms with E-state index in [1.54, 1.807) is 6.07 Å². The minimum absolute atomic E-state index is 0.0989. The first-order valence-corrected chi connectivity index (χ1v) is 20.5. The van der Waals surface area contributed by atoms with Gasteiger partial charge in [0.2, 0.25) is 11.8 Å². The van der Waals surface area contributed by atoms with Crippen molar-refractivity contribution in [2.24, 2.45) is 11.3 Å². The third-order valence-electron chi connectivity index (χ3n) is 13.9. The minimum atomic E-state index is -0.958. The van der Waals surface area contributed by atoms with E-state index in [4.69, 9.17) is 0 Å². The van der Waals surface area contributed by atoms with Gasteiger partial charge in [-0.05, 0) is 127 Å². The first-order chi connectivity index (χ1) is 27.6. The molecule has 10 heteroatoms. The first-order valence-electron chi connectivity index (χ1n) is 20.5. The Balaban J connectivity index is 0.739. The van der Waals surface area contributed by atoms with Crippen molar-refractivity contribution in [2.45, 2.75) is 82.3 Å². The number of benzene rings is 4. The summed E-state index contributed by atoms with van der Waals surface area (Å²) in [6.07, 6.45) is 6.60. The van der Waals surface area contributed by atoms with Crippen molar-refractivity contribution < 1.29 is 29.1 Å². The van der Waals surface area contributed by atoms with Crippen LogP contribution < -0.4 is 5.32 Å². The molecule has 0 bridgehead atoms. The number of hydrogen-bond donors (Lipinski definition) is 2. The number of phenolic OH excluding ortho intramolecular Hbond substituents is 1. The number of amides is 5. The Morgan fingerprint density at radius 1 is 0.737 bits per heavy atom. The molecule has 10 nitrogen and oxygen atoms in total. The summed E-state index contributed by atoms with van der Waals surface area (Å²) in [7, 11) is 0. The molecule has 1 saturated carbocycles. The van der Waals surface area contributed by atoms with E-state index >= 15 is 0 Å². The van der Waals surface area contributed by atoms with Crippen LogP contribution in [0.1, 0.15) is 121 Å². The Kier molecular flexibility index (Phi) is 8.66. The molecule has 2 aliphatic carbocycles. The second-order valence-corrected chi connectivity index (χ2v) is 17.4. The third kappa shape index (κ3) is 6.25. The van der Waals surface area contributed by atoms with E-state index in [0.717, 1.165) is 92.8 Å². The molecule has 2 N–H and O–H groups in total. The zero-order valence-corrected chi connectivity index (χ0v) is 31.9. The molecular formula is C47H46N4O6. The van der Waals surface area contributed by atoms with Gasteiger partial charge in [0, 0.05) is 56.0 Å². The maximum Gasteiger partial charge on any atom is 0.262 e. The van der Waals surface area contributed by atoms with E-state index in [2.05, 4.69) is 58.7 Å². The monoisotopic (exact) mass is 762 g/mol. The number of imide groups is 2. The number of rotatable bonds is 6. The number of carbonyl (C=O) groups is 5. The van der Waals surface area contributed by atoms with Gasteiger partial charge in [0.15, 0.2) is 0 Å². The number of fused-ring (bicyclic) bond motifs is 3. The predicted molar refractivity (Wildman–Crippen MR) is 211 cm³/mol. The van der Waals surface area contributed by atoms with Gasteiger partial charge < -0.3 is 10.0 Å². The fraction of sp³-hybridized carbons (Fsp3) is 0.383. The topological polar surface area (TPSA) is 127 Å². The van der Waals surface area contributed by atoms with Crippen molar-refractivity contribution in [1.82, 2.24) is 20.0 Å². The van der Waals surface area contributed by atoms with Gasteiger partial charge in [0.1, 0.15) is 11.8 Å². The SMILES string of the molecule is O=C1CCC(N2C(=O)c3cc4c(cc3C2=O)CN(CC2CCC3(CC2)CN(C(=O)c2ccc([C@@H]5c6ccc(O)cc6CC[C@@H]5c5ccccc5)cc2)C3)C4)C(=O)N1. The number of nitrogens with zero attached hydrogens (tertiary/aromatic N) is 3. The molecule has 2 saturated heterocycles. The molecule has 4 heterocycles. The standard InChI is InChI=1S/C47H46N4O6/c52-35-11-13-37-32(20-35)10-12-36(29-4-2-1-3-5-29)42(37)30-6-8-31(9-7-30)44(55)50-26-47(27-50)18-16-28(17-19-47)23-49-24-33-21-38-39(22-34(33)25-49)46(57)51(45(38)56)40-14-15-41(53)48-43(40)54/h1-9,11,13,20-22,28,36,40,42,52H,10,12,14-19,23-27H2,(H,48,53,54)/t36-,40?,42+/m1/s1. The van der Waals surface area contributed by atoms with E-state index in [-0.39, 0.29) is 36.0 Å². The summed E-state index contributed by atoms with van der Waals surface area (Å²) < 4.78 is 0.